The number of aliphatic carboxylic acids is 1. The van der Waals surface area contributed by atoms with E-state index in [-0.39, 0.29) is 18.5 Å². The summed E-state index contributed by atoms with van der Waals surface area (Å²) in [6, 6.07) is -0.682. The number of hydrogen-bond acceptors (Lipinski definition) is 3. The van der Waals surface area contributed by atoms with Gasteiger partial charge in [0.15, 0.2) is 0 Å². The van der Waals surface area contributed by atoms with Gasteiger partial charge in [0, 0.05) is 19.1 Å². The molecular weight excluding hydrogens is 210 g/mol. The van der Waals surface area contributed by atoms with Crippen LogP contribution in [0.15, 0.2) is 0 Å². The van der Waals surface area contributed by atoms with Gasteiger partial charge in [0.2, 0.25) is 0 Å². The van der Waals surface area contributed by atoms with Crippen molar-refractivity contribution in [3.63, 3.8) is 0 Å². The van der Waals surface area contributed by atoms with E-state index < -0.39 is 5.97 Å². The highest BCUT2D eigenvalue weighted by molar-refractivity contribution is 5.75. The van der Waals surface area contributed by atoms with Crippen molar-refractivity contribution in [3.8, 4) is 0 Å². The number of carbonyl (C=O) groups excluding carboxylic acids is 1. The normalized spacial score (nSPS) is 18.8. The maximum atomic E-state index is 11.4. The summed E-state index contributed by atoms with van der Waals surface area (Å²) in [5, 5.41) is 13.0. The lowest BCUT2D eigenvalue weighted by Crippen LogP contribution is -2.51. The second-order valence-electron chi connectivity index (χ2n) is 4.13. The molecule has 1 saturated heterocycles. The summed E-state index contributed by atoms with van der Waals surface area (Å²) in [5.74, 6) is -0.911. The number of urea groups is 1. The summed E-state index contributed by atoms with van der Waals surface area (Å²) < 4.78 is 0. The number of carboxylic acids is 1. The Morgan fingerprint density at radius 3 is 2.50 bits per heavy atom. The zero-order valence-corrected chi connectivity index (χ0v) is 9.53. The number of hydrogen-bond donors (Lipinski definition) is 3. The summed E-state index contributed by atoms with van der Waals surface area (Å²) >= 11 is 0. The molecule has 0 radical (unpaired) electrons. The van der Waals surface area contributed by atoms with Crippen LogP contribution in [0, 0.1) is 0 Å². The third-order valence-corrected chi connectivity index (χ3v) is 2.47. The van der Waals surface area contributed by atoms with E-state index in [1.807, 2.05) is 5.01 Å². The summed E-state index contributed by atoms with van der Waals surface area (Å²) in [6.07, 6.45) is 3.32. The Bertz CT molecular complexity index is 252. The number of nitrogens with zero attached hydrogens (tertiary/aromatic N) is 1. The molecule has 2 amide bonds. The van der Waals surface area contributed by atoms with E-state index in [4.69, 9.17) is 5.11 Å². The summed E-state index contributed by atoms with van der Waals surface area (Å²) in [6.45, 7) is 3.39. The van der Waals surface area contributed by atoms with Crippen LogP contribution in [0.3, 0.4) is 0 Å². The van der Waals surface area contributed by atoms with Crippen LogP contribution in [-0.2, 0) is 4.79 Å². The molecule has 16 heavy (non-hydrogen) atoms. The molecule has 0 spiro atoms. The lowest BCUT2D eigenvalue weighted by atomic mass is 10.2. The second-order valence-corrected chi connectivity index (χ2v) is 4.13. The topological polar surface area (TPSA) is 81.7 Å². The van der Waals surface area contributed by atoms with Crippen molar-refractivity contribution in [1.82, 2.24) is 15.8 Å². The average Bonchev–Trinajstić information content (AvgIpc) is 2.17. The highest BCUT2D eigenvalue weighted by Gasteiger charge is 2.15. The number of rotatable bonds is 4. The monoisotopic (exact) mass is 229 g/mol. The Kier molecular flexibility index (Phi) is 5.04. The molecule has 1 unspecified atom stereocenters. The molecule has 0 aromatic carbocycles. The van der Waals surface area contributed by atoms with Crippen LogP contribution >= 0.6 is 0 Å². The largest absolute Gasteiger partial charge is 0.481 e. The summed E-state index contributed by atoms with van der Waals surface area (Å²) in [7, 11) is 0. The Morgan fingerprint density at radius 1 is 1.31 bits per heavy atom. The Hall–Kier alpha value is -1.30. The fraction of sp³-hybridized carbons (Fsp3) is 0.800. The molecule has 0 saturated carbocycles. The minimum atomic E-state index is -0.911. The lowest BCUT2D eigenvalue weighted by molar-refractivity contribution is -0.137. The van der Waals surface area contributed by atoms with Gasteiger partial charge in [-0.05, 0) is 19.8 Å². The first-order valence-corrected chi connectivity index (χ1v) is 5.62. The van der Waals surface area contributed by atoms with E-state index in [1.165, 1.54) is 6.42 Å². The van der Waals surface area contributed by atoms with Gasteiger partial charge in [0.25, 0.3) is 0 Å². The van der Waals surface area contributed by atoms with E-state index in [9.17, 15) is 9.59 Å². The molecule has 0 aromatic heterocycles. The van der Waals surface area contributed by atoms with Gasteiger partial charge in [-0.25, -0.2) is 9.80 Å². The molecule has 1 fully saturated rings. The Morgan fingerprint density at radius 2 is 1.94 bits per heavy atom. The van der Waals surface area contributed by atoms with E-state index in [2.05, 4.69) is 10.7 Å². The van der Waals surface area contributed by atoms with Crippen molar-refractivity contribution < 1.29 is 14.7 Å². The van der Waals surface area contributed by atoms with E-state index in [0.29, 0.717) is 0 Å². The predicted octanol–water partition coefficient (Wildman–Crippen LogP) is 0.550. The van der Waals surface area contributed by atoms with Crippen molar-refractivity contribution >= 4 is 12.0 Å². The quantitative estimate of drug-likeness (QED) is 0.657. The van der Waals surface area contributed by atoms with Crippen LogP contribution in [0.4, 0.5) is 4.79 Å². The number of nitrogens with one attached hydrogen (secondary N) is 2. The zero-order chi connectivity index (χ0) is 12.0. The van der Waals surface area contributed by atoms with Crippen molar-refractivity contribution in [2.24, 2.45) is 0 Å². The van der Waals surface area contributed by atoms with Crippen LogP contribution in [-0.4, -0.2) is 41.2 Å². The molecule has 1 atom stereocenters. The zero-order valence-electron chi connectivity index (χ0n) is 9.53. The van der Waals surface area contributed by atoms with Crippen molar-refractivity contribution in [3.05, 3.63) is 0 Å². The van der Waals surface area contributed by atoms with Gasteiger partial charge in [-0.1, -0.05) is 6.42 Å². The molecule has 1 aliphatic heterocycles. The summed E-state index contributed by atoms with van der Waals surface area (Å²) in [4.78, 5) is 21.8. The van der Waals surface area contributed by atoms with Gasteiger partial charge in [0.05, 0.1) is 6.42 Å². The van der Waals surface area contributed by atoms with E-state index in [1.54, 1.807) is 6.92 Å². The first-order chi connectivity index (χ1) is 7.58. The maximum absolute atomic E-state index is 11.4. The van der Waals surface area contributed by atoms with Gasteiger partial charge in [-0.15, -0.1) is 0 Å². The van der Waals surface area contributed by atoms with Gasteiger partial charge >= 0.3 is 12.0 Å². The molecule has 6 heteroatoms. The van der Waals surface area contributed by atoms with Crippen LogP contribution in [0.5, 0.6) is 0 Å². The molecule has 0 bridgehead atoms. The van der Waals surface area contributed by atoms with Gasteiger partial charge in [0.1, 0.15) is 0 Å². The van der Waals surface area contributed by atoms with Crippen LogP contribution in [0.2, 0.25) is 0 Å². The third kappa shape index (κ3) is 4.97. The Labute approximate surface area is 95.0 Å². The van der Waals surface area contributed by atoms with Gasteiger partial charge in [-0.3, -0.25) is 10.2 Å². The standard InChI is InChI=1S/C10H19N3O3/c1-8(7-9(14)15)11-10(16)12-13-5-3-2-4-6-13/h8H,2-7H2,1H3,(H,14,15)(H2,11,12,16). The first-order valence-electron chi connectivity index (χ1n) is 5.62. The maximum Gasteiger partial charge on any atom is 0.329 e. The molecule has 0 aliphatic carbocycles. The number of carbonyl (C=O) groups is 2. The number of hydrazine groups is 1. The molecule has 1 aliphatic rings. The van der Waals surface area contributed by atoms with Crippen LogP contribution in [0.25, 0.3) is 0 Å². The van der Waals surface area contributed by atoms with Crippen molar-refractivity contribution in [2.75, 3.05) is 13.1 Å². The van der Waals surface area contributed by atoms with Crippen LogP contribution in [0.1, 0.15) is 32.6 Å². The molecule has 1 heterocycles. The average molecular weight is 229 g/mol. The molecule has 0 aromatic rings. The number of carboxylic acid groups (broad SMARTS) is 1. The smallest absolute Gasteiger partial charge is 0.329 e. The highest BCUT2D eigenvalue weighted by atomic mass is 16.4. The van der Waals surface area contributed by atoms with Gasteiger partial charge in [-0.2, -0.15) is 0 Å². The molecular formula is C10H19N3O3. The molecule has 3 N–H and O–H groups in total. The SMILES string of the molecule is CC(CC(=O)O)NC(=O)NN1CCCCC1. The summed E-state index contributed by atoms with van der Waals surface area (Å²) in [5.41, 5.74) is 2.71. The second kappa shape index (κ2) is 6.32. The third-order valence-electron chi connectivity index (χ3n) is 2.47. The van der Waals surface area contributed by atoms with Crippen molar-refractivity contribution in [1.29, 1.82) is 0 Å². The minimum absolute atomic E-state index is 0.0621. The molecule has 6 nitrogen and oxygen atoms in total. The predicted molar refractivity (Wildman–Crippen MR) is 58.8 cm³/mol. The highest BCUT2D eigenvalue weighted by Crippen LogP contribution is 2.05. The lowest BCUT2D eigenvalue weighted by Gasteiger charge is -2.27. The Balaban J connectivity index is 2.21. The van der Waals surface area contributed by atoms with E-state index >= 15 is 0 Å². The minimum Gasteiger partial charge on any atom is -0.481 e. The first kappa shape index (κ1) is 12.8. The van der Waals surface area contributed by atoms with Crippen molar-refractivity contribution in [2.45, 2.75) is 38.6 Å². The fourth-order valence-corrected chi connectivity index (χ4v) is 1.72. The number of amides is 2. The van der Waals surface area contributed by atoms with Crippen LogP contribution < -0.4 is 10.7 Å². The van der Waals surface area contributed by atoms with E-state index in [0.717, 1.165) is 25.9 Å². The number of piperidine rings is 1. The molecule has 1 rings (SSSR count). The fourth-order valence-electron chi connectivity index (χ4n) is 1.72. The molecule has 92 valence electrons. The van der Waals surface area contributed by atoms with Gasteiger partial charge < -0.3 is 10.4 Å².